The van der Waals surface area contributed by atoms with Crippen LogP contribution in [0.25, 0.3) is 0 Å². The second-order valence-corrected chi connectivity index (χ2v) is 3.59. The Labute approximate surface area is 95.4 Å². The van der Waals surface area contributed by atoms with Gasteiger partial charge in [-0.15, -0.1) is 0 Å². The third kappa shape index (κ3) is 3.51. The topological polar surface area (TPSA) is 46.5 Å². The SMILES string of the molecule is COC(=O)/C=C/C(CO)c1cccc(C)c1. The highest BCUT2D eigenvalue weighted by molar-refractivity contribution is 5.81. The molecule has 0 saturated carbocycles. The number of benzene rings is 1. The van der Waals surface area contributed by atoms with E-state index in [0.29, 0.717) is 0 Å². The molecule has 0 saturated heterocycles. The van der Waals surface area contributed by atoms with Crippen molar-refractivity contribution >= 4 is 5.97 Å². The number of aliphatic hydroxyl groups excluding tert-OH is 1. The number of rotatable bonds is 4. The van der Waals surface area contributed by atoms with Gasteiger partial charge in [0.1, 0.15) is 0 Å². The van der Waals surface area contributed by atoms with Gasteiger partial charge < -0.3 is 9.84 Å². The number of carbonyl (C=O) groups excluding carboxylic acids is 1. The lowest BCUT2D eigenvalue weighted by atomic mass is 9.98. The van der Waals surface area contributed by atoms with Crippen molar-refractivity contribution in [3.05, 3.63) is 47.5 Å². The van der Waals surface area contributed by atoms with Crippen LogP contribution in [0.4, 0.5) is 0 Å². The van der Waals surface area contributed by atoms with Crippen molar-refractivity contribution in [3.8, 4) is 0 Å². The van der Waals surface area contributed by atoms with Crippen molar-refractivity contribution < 1.29 is 14.6 Å². The molecule has 0 spiro atoms. The zero-order valence-corrected chi connectivity index (χ0v) is 9.51. The molecule has 0 aliphatic rings. The molecule has 1 aromatic rings. The molecule has 3 heteroatoms. The van der Waals surface area contributed by atoms with Crippen LogP contribution in [0.1, 0.15) is 17.0 Å². The van der Waals surface area contributed by atoms with Crippen LogP contribution in [0.15, 0.2) is 36.4 Å². The molecule has 1 N–H and O–H groups in total. The van der Waals surface area contributed by atoms with E-state index >= 15 is 0 Å². The molecule has 86 valence electrons. The third-order valence-electron chi connectivity index (χ3n) is 2.33. The van der Waals surface area contributed by atoms with E-state index in [-0.39, 0.29) is 12.5 Å². The average molecular weight is 220 g/mol. The van der Waals surface area contributed by atoms with Crippen LogP contribution < -0.4 is 0 Å². The van der Waals surface area contributed by atoms with E-state index < -0.39 is 5.97 Å². The molecular weight excluding hydrogens is 204 g/mol. The Hall–Kier alpha value is -1.61. The quantitative estimate of drug-likeness (QED) is 0.621. The van der Waals surface area contributed by atoms with Crippen LogP contribution in [0.2, 0.25) is 0 Å². The monoisotopic (exact) mass is 220 g/mol. The summed E-state index contributed by atoms with van der Waals surface area (Å²) in [6, 6.07) is 7.83. The first-order chi connectivity index (χ1) is 7.67. The molecule has 3 nitrogen and oxygen atoms in total. The fraction of sp³-hybridized carbons (Fsp3) is 0.308. The van der Waals surface area contributed by atoms with Gasteiger partial charge in [-0.2, -0.15) is 0 Å². The van der Waals surface area contributed by atoms with Crippen LogP contribution >= 0.6 is 0 Å². The summed E-state index contributed by atoms with van der Waals surface area (Å²) in [6.45, 7) is 1.96. The van der Waals surface area contributed by atoms with Gasteiger partial charge in [-0.05, 0) is 12.5 Å². The molecule has 1 atom stereocenters. The summed E-state index contributed by atoms with van der Waals surface area (Å²) in [7, 11) is 1.33. The number of esters is 1. The Morgan fingerprint density at radius 2 is 2.31 bits per heavy atom. The minimum absolute atomic E-state index is 0.0308. The molecule has 0 fully saturated rings. The molecule has 16 heavy (non-hydrogen) atoms. The van der Waals surface area contributed by atoms with Gasteiger partial charge in [0.05, 0.1) is 13.7 Å². The van der Waals surface area contributed by atoms with E-state index in [9.17, 15) is 9.90 Å². The lowest BCUT2D eigenvalue weighted by Gasteiger charge is -2.10. The number of hydrogen-bond acceptors (Lipinski definition) is 3. The second-order valence-electron chi connectivity index (χ2n) is 3.59. The zero-order valence-electron chi connectivity index (χ0n) is 9.51. The minimum Gasteiger partial charge on any atom is -0.466 e. The van der Waals surface area contributed by atoms with Gasteiger partial charge in [0.15, 0.2) is 0 Å². The highest BCUT2D eigenvalue weighted by Gasteiger charge is 2.07. The first-order valence-electron chi connectivity index (χ1n) is 5.11. The molecule has 0 aromatic heterocycles. The zero-order chi connectivity index (χ0) is 12.0. The number of aryl methyl sites for hydroxylation is 1. The van der Waals surface area contributed by atoms with E-state index in [0.717, 1.165) is 11.1 Å². The summed E-state index contributed by atoms with van der Waals surface area (Å²) in [5.41, 5.74) is 2.12. The maximum absolute atomic E-state index is 10.9. The first kappa shape index (κ1) is 12.5. The summed E-state index contributed by atoms with van der Waals surface area (Å²) < 4.78 is 4.50. The summed E-state index contributed by atoms with van der Waals surface area (Å²) in [5, 5.41) is 9.25. The Bertz CT molecular complexity index is 383. The number of ether oxygens (including phenoxy) is 1. The summed E-state index contributed by atoms with van der Waals surface area (Å²) >= 11 is 0. The third-order valence-corrected chi connectivity index (χ3v) is 2.33. The van der Waals surface area contributed by atoms with Crippen LogP contribution in [0.3, 0.4) is 0 Å². The van der Waals surface area contributed by atoms with Crippen molar-refractivity contribution in [3.63, 3.8) is 0 Å². The molecule has 0 amide bonds. The largest absolute Gasteiger partial charge is 0.466 e. The normalized spacial score (nSPS) is 12.7. The van der Waals surface area contributed by atoms with Crippen molar-refractivity contribution in [2.24, 2.45) is 0 Å². The Morgan fingerprint density at radius 3 is 2.88 bits per heavy atom. The van der Waals surface area contributed by atoms with E-state index in [1.807, 2.05) is 31.2 Å². The Balaban J connectivity index is 2.82. The first-order valence-corrected chi connectivity index (χ1v) is 5.11. The molecule has 0 radical (unpaired) electrons. The fourth-order valence-electron chi connectivity index (χ4n) is 1.44. The number of hydrogen-bond donors (Lipinski definition) is 1. The van der Waals surface area contributed by atoms with Crippen LogP contribution in [-0.2, 0) is 9.53 Å². The van der Waals surface area contributed by atoms with Gasteiger partial charge in [0.2, 0.25) is 0 Å². The lowest BCUT2D eigenvalue weighted by molar-refractivity contribution is -0.134. The molecule has 0 bridgehead atoms. The van der Waals surface area contributed by atoms with Gasteiger partial charge in [0, 0.05) is 12.0 Å². The highest BCUT2D eigenvalue weighted by atomic mass is 16.5. The van der Waals surface area contributed by atoms with Gasteiger partial charge in [-0.3, -0.25) is 0 Å². The Kier molecular flexibility index (Phi) is 4.73. The Morgan fingerprint density at radius 1 is 1.56 bits per heavy atom. The summed E-state index contributed by atoms with van der Waals surface area (Å²) in [4.78, 5) is 10.9. The second kappa shape index (κ2) is 6.08. The minimum atomic E-state index is -0.411. The van der Waals surface area contributed by atoms with Crippen molar-refractivity contribution in [2.45, 2.75) is 12.8 Å². The standard InChI is InChI=1S/C13H16O3/c1-10-4-3-5-11(8-10)12(9-14)6-7-13(15)16-2/h3-8,12,14H,9H2,1-2H3/b7-6+. The van der Waals surface area contributed by atoms with Crippen LogP contribution in [0, 0.1) is 6.92 Å². The smallest absolute Gasteiger partial charge is 0.330 e. The number of methoxy groups -OCH3 is 1. The maximum atomic E-state index is 10.9. The molecular formula is C13H16O3. The highest BCUT2D eigenvalue weighted by Crippen LogP contribution is 2.17. The molecule has 1 unspecified atom stereocenters. The van der Waals surface area contributed by atoms with E-state index in [4.69, 9.17) is 0 Å². The summed E-state index contributed by atoms with van der Waals surface area (Å²) in [6.07, 6.45) is 2.99. The van der Waals surface area contributed by atoms with Crippen molar-refractivity contribution in [2.75, 3.05) is 13.7 Å². The number of aliphatic hydroxyl groups is 1. The molecule has 0 aliphatic carbocycles. The van der Waals surface area contributed by atoms with Gasteiger partial charge >= 0.3 is 5.97 Å². The van der Waals surface area contributed by atoms with Gasteiger partial charge in [-0.25, -0.2) is 4.79 Å². The molecule has 0 aliphatic heterocycles. The number of carbonyl (C=O) groups is 1. The van der Waals surface area contributed by atoms with E-state index in [2.05, 4.69) is 4.74 Å². The van der Waals surface area contributed by atoms with E-state index in [1.54, 1.807) is 6.08 Å². The summed E-state index contributed by atoms with van der Waals surface area (Å²) in [5.74, 6) is -0.579. The van der Waals surface area contributed by atoms with Crippen molar-refractivity contribution in [1.82, 2.24) is 0 Å². The predicted molar refractivity (Wildman–Crippen MR) is 62.2 cm³/mol. The van der Waals surface area contributed by atoms with E-state index in [1.165, 1.54) is 13.2 Å². The molecule has 0 heterocycles. The van der Waals surface area contributed by atoms with Gasteiger partial charge in [0.25, 0.3) is 0 Å². The van der Waals surface area contributed by atoms with Crippen LogP contribution in [0.5, 0.6) is 0 Å². The molecule has 1 aromatic carbocycles. The maximum Gasteiger partial charge on any atom is 0.330 e. The fourth-order valence-corrected chi connectivity index (χ4v) is 1.44. The van der Waals surface area contributed by atoms with Crippen molar-refractivity contribution in [1.29, 1.82) is 0 Å². The van der Waals surface area contributed by atoms with Crippen LogP contribution in [-0.4, -0.2) is 24.8 Å². The predicted octanol–water partition coefficient (Wildman–Crippen LogP) is 1.80. The molecule has 1 rings (SSSR count). The average Bonchev–Trinajstić information content (AvgIpc) is 2.29. The van der Waals surface area contributed by atoms with Gasteiger partial charge in [-0.1, -0.05) is 35.9 Å². The lowest BCUT2D eigenvalue weighted by Crippen LogP contribution is -2.03.